The molecule has 0 bridgehead atoms. The van der Waals surface area contributed by atoms with Crippen LogP contribution in [0.5, 0.6) is 0 Å². The average Bonchev–Trinajstić information content (AvgIpc) is 3.47. The highest BCUT2D eigenvalue weighted by Crippen LogP contribution is 2.26. The molecule has 4 rings (SSSR count). The summed E-state index contributed by atoms with van der Waals surface area (Å²) in [5, 5.41) is 22.6. The van der Waals surface area contributed by atoms with Gasteiger partial charge in [0.2, 0.25) is 11.8 Å². The second-order valence-corrected chi connectivity index (χ2v) is 7.04. The molecule has 0 saturated heterocycles. The quantitative estimate of drug-likeness (QED) is 0.466. The molecular formula is C20H19ClN8O2. The molecule has 1 N–H and O–H groups in total. The first kappa shape index (κ1) is 20.5. The summed E-state index contributed by atoms with van der Waals surface area (Å²) in [6.07, 6.45) is 2.27. The van der Waals surface area contributed by atoms with Crippen molar-refractivity contribution in [3.8, 4) is 17.1 Å². The zero-order valence-corrected chi connectivity index (χ0v) is 17.4. The fraction of sp³-hybridized carbons (Fsp3) is 0.200. The molecule has 10 nitrogen and oxygen atoms in total. The number of carbonyl (C=O) groups excluding carboxylic acids is 1. The number of aromatic nitrogens is 6. The molecule has 4 aromatic rings. The number of nitrogens with zero attached hydrogens (tertiary/aromatic N) is 7. The Morgan fingerprint density at radius 1 is 1.16 bits per heavy atom. The van der Waals surface area contributed by atoms with Gasteiger partial charge >= 0.3 is 6.03 Å². The topological polar surface area (TPSA) is 115 Å². The molecule has 11 heteroatoms. The van der Waals surface area contributed by atoms with E-state index in [2.05, 4.69) is 31.0 Å². The van der Waals surface area contributed by atoms with Crippen LogP contribution in [-0.2, 0) is 6.54 Å². The van der Waals surface area contributed by atoms with Gasteiger partial charge in [0.25, 0.3) is 0 Å². The van der Waals surface area contributed by atoms with Gasteiger partial charge in [0.15, 0.2) is 0 Å². The van der Waals surface area contributed by atoms with E-state index in [9.17, 15) is 4.79 Å². The van der Waals surface area contributed by atoms with E-state index in [1.165, 1.54) is 11.0 Å². The molecule has 0 radical (unpaired) electrons. The normalized spacial score (nSPS) is 10.8. The molecule has 158 valence electrons. The fourth-order valence-electron chi connectivity index (χ4n) is 2.93. The van der Waals surface area contributed by atoms with E-state index in [1.54, 1.807) is 29.2 Å². The van der Waals surface area contributed by atoms with Gasteiger partial charge in [-0.1, -0.05) is 30.7 Å². The van der Waals surface area contributed by atoms with Gasteiger partial charge in [-0.2, -0.15) is 0 Å². The van der Waals surface area contributed by atoms with E-state index >= 15 is 0 Å². The maximum atomic E-state index is 12.8. The van der Waals surface area contributed by atoms with E-state index in [0.717, 1.165) is 12.1 Å². The van der Waals surface area contributed by atoms with Crippen LogP contribution in [-0.4, -0.2) is 47.9 Å². The Labute approximate surface area is 182 Å². The minimum absolute atomic E-state index is 0.180. The third-order valence-electron chi connectivity index (χ3n) is 4.41. The van der Waals surface area contributed by atoms with Crippen molar-refractivity contribution >= 4 is 23.3 Å². The van der Waals surface area contributed by atoms with E-state index in [4.69, 9.17) is 16.0 Å². The van der Waals surface area contributed by atoms with Crippen molar-refractivity contribution in [3.63, 3.8) is 0 Å². The van der Waals surface area contributed by atoms with Gasteiger partial charge in [-0.3, -0.25) is 0 Å². The molecule has 0 saturated carbocycles. The van der Waals surface area contributed by atoms with Gasteiger partial charge in [-0.25, -0.2) is 9.48 Å². The highest BCUT2D eigenvalue weighted by atomic mass is 35.5. The van der Waals surface area contributed by atoms with E-state index < -0.39 is 0 Å². The van der Waals surface area contributed by atoms with Crippen LogP contribution in [0.1, 0.15) is 19.2 Å². The van der Waals surface area contributed by atoms with E-state index in [0.29, 0.717) is 34.6 Å². The molecule has 0 aliphatic rings. The number of amides is 2. The molecule has 2 amide bonds. The molecular weight excluding hydrogens is 420 g/mol. The largest absolute Gasteiger partial charge is 0.419 e. The summed E-state index contributed by atoms with van der Waals surface area (Å²) in [5.74, 6) is 0.642. The van der Waals surface area contributed by atoms with Gasteiger partial charge in [0, 0.05) is 12.2 Å². The monoisotopic (exact) mass is 438 g/mol. The lowest BCUT2D eigenvalue weighted by molar-refractivity contribution is 0.203. The Kier molecular flexibility index (Phi) is 6.18. The Bertz CT molecular complexity index is 1140. The molecule has 0 atom stereocenters. The summed E-state index contributed by atoms with van der Waals surface area (Å²) in [4.78, 5) is 14.4. The van der Waals surface area contributed by atoms with Crippen LogP contribution >= 0.6 is 11.6 Å². The first-order chi connectivity index (χ1) is 15.1. The summed E-state index contributed by atoms with van der Waals surface area (Å²) in [5.41, 5.74) is 2.08. The zero-order valence-electron chi connectivity index (χ0n) is 16.6. The summed E-state index contributed by atoms with van der Waals surface area (Å²) in [6.45, 7) is 2.70. The Morgan fingerprint density at radius 2 is 1.97 bits per heavy atom. The number of tetrazole rings is 1. The molecule has 0 aliphatic carbocycles. The summed E-state index contributed by atoms with van der Waals surface area (Å²) in [7, 11) is 0. The molecule has 0 unspecified atom stereocenters. The van der Waals surface area contributed by atoms with Crippen molar-refractivity contribution < 1.29 is 9.21 Å². The van der Waals surface area contributed by atoms with Crippen LogP contribution in [0.15, 0.2) is 59.3 Å². The minimum Gasteiger partial charge on any atom is -0.419 e. The molecule has 0 aliphatic heterocycles. The molecule has 0 fully saturated rings. The predicted octanol–water partition coefficient (Wildman–Crippen LogP) is 3.81. The maximum absolute atomic E-state index is 12.8. The standard InChI is InChI=1S/C20H19ClN8O2/c1-2-11-28(12-18-24-25-19(31-18)16-5-3-4-6-17(16)21)20(30)23-14-7-9-15(10-8-14)29-13-22-26-27-29/h3-10,13H,2,11-12H2,1H3,(H,23,30). The lowest BCUT2D eigenvalue weighted by atomic mass is 10.2. The lowest BCUT2D eigenvalue weighted by Crippen LogP contribution is -2.35. The van der Waals surface area contributed by atoms with Crippen molar-refractivity contribution in [2.75, 3.05) is 11.9 Å². The first-order valence-electron chi connectivity index (χ1n) is 9.60. The molecule has 31 heavy (non-hydrogen) atoms. The number of nitrogens with one attached hydrogen (secondary N) is 1. The van der Waals surface area contributed by atoms with Crippen LogP contribution in [0.3, 0.4) is 0 Å². The van der Waals surface area contributed by atoms with Gasteiger partial charge in [0.1, 0.15) is 12.9 Å². The first-order valence-corrected chi connectivity index (χ1v) is 9.98. The number of hydrogen-bond acceptors (Lipinski definition) is 7. The van der Waals surface area contributed by atoms with Gasteiger partial charge < -0.3 is 14.6 Å². The fourth-order valence-corrected chi connectivity index (χ4v) is 3.14. The number of rotatable bonds is 7. The number of urea groups is 1. The second kappa shape index (κ2) is 9.35. The van der Waals surface area contributed by atoms with Gasteiger partial charge in [0.05, 0.1) is 16.3 Å². The number of hydrogen-bond donors (Lipinski definition) is 1. The minimum atomic E-state index is -0.269. The predicted molar refractivity (Wildman–Crippen MR) is 114 cm³/mol. The number of carbonyl (C=O) groups is 1. The SMILES string of the molecule is CCCN(Cc1nnc(-c2ccccc2Cl)o1)C(=O)Nc1ccc(-n2cnnn2)cc1. The number of halogens is 1. The molecule has 2 aromatic carbocycles. The van der Waals surface area contributed by atoms with Crippen molar-refractivity contribution in [2.24, 2.45) is 0 Å². The second-order valence-electron chi connectivity index (χ2n) is 6.63. The smallest absolute Gasteiger partial charge is 0.322 e. The highest BCUT2D eigenvalue weighted by molar-refractivity contribution is 6.33. The van der Waals surface area contributed by atoms with Crippen LogP contribution in [0.25, 0.3) is 17.1 Å². The van der Waals surface area contributed by atoms with Crippen LogP contribution in [0.2, 0.25) is 5.02 Å². The van der Waals surface area contributed by atoms with Crippen molar-refractivity contribution in [2.45, 2.75) is 19.9 Å². The molecule has 2 heterocycles. The molecule has 2 aromatic heterocycles. The average molecular weight is 439 g/mol. The van der Waals surface area contributed by atoms with E-state index in [-0.39, 0.29) is 12.6 Å². The van der Waals surface area contributed by atoms with Crippen molar-refractivity contribution in [1.82, 2.24) is 35.3 Å². The van der Waals surface area contributed by atoms with Crippen molar-refractivity contribution in [1.29, 1.82) is 0 Å². The number of anilines is 1. The Hall–Kier alpha value is -3.79. The molecule has 0 spiro atoms. The summed E-state index contributed by atoms with van der Waals surface area (Å²) in [6, 6.07) is 14.1. The van der Waals surface area contributed by atoms with E-state index in [1.807, 2.05) is 31.2 Å². The maximum Gasteiger partial charge on any atom is 0.322 e. The summed E-state index contributed by atoms with van der Waals surface area (Å²) < 4.78 is 7.26. The van der Waals surface area contributed by atoms with Crippen LogP contribution in [0, 0.1) is 0 Å². The van der Waals surface area contributed by atoms with Crippen molar-refractivity contribution in [3.05, 3.63) is 65.8 Å². The Balaban J connectivity index is 1.44. The third kappa shape index (κ3) is 4.86. The van der Waals surface area contributed by atoms with Gasteiger partial charge in [-0.05, 0) is 53.2 Å². The highest BCUT2D eigenvalue weighted by Gasteiger charge is 2.18. The summed E-state index contributed by atoms with van der Waals surface area (Å²) >= 11 is 6.19. The van der Waals surface area contributed by atoms with Crippen LogP contribution in [0.4, 0.5) is 10.5 Å². The third-order valence-corrected chi connectivity index (χ3v) is 4.74. The zero-order chi connectivity index (χ0) is 21.6. The lowest BCUT2D eigenvalue weighted by Gasteiger charge is -2.21. The Morgan fingerprint density at radius 3 is 2.68 bits per heavy atom. The van der Waals surface area contributed by atoms with Gasteiger partial charge in [-0.15, -0.1) is 15.3 Å². The van der Waals surface area contributed by atoms with Crippen LogP contribution < -0.4 is 5.32 Å². The number of benzene rings is 2.